The first kappa shape index (κ1) is 6.62. The third kappa shape index (κ3) is 1.49. The lowest BCUT2D eigenvalue weighted by Gasteiger charge is -1.89. The molecule has 0 radical (unpaired) electrons. The van der Waals surface area contributed by atoms with Crippen LogP contribution in [0.4, 0.5) is 0 Å². The van der Waals surface area contributed by atoms with Crippen LogP contribution in [0.15, 0.2) is 6.20 Å². The van der Waals surface area contributed by atoms with Crippen LogP contribution in [-0.2, 0) is 6.54 Å². The number of nitrogens with zero attached hydrogens (tertiary/aromatic N) is 2. The lowest BCUT2D eigenvalue weighted by Crippen LogP contribution is -2.05. The minimum atomic E-state index is 0.477. The molecule has 0 spiro atoms. The Balaban J connectivity index is 2.52. The summed E-state index contributed by atoms with van der Waals surface area (Å²) in [5.74, 6) is 0.791. The van der Waals surface area contributed by atoms with Gasteiger partial charge in [0.2, 0.25) is 0 Å². The van der Waals surface area contributed by atoms with E-state index in [-0.39, 0.29) is 0 Å². The van der Waals surface area contributed by atoms with E-state index in [0.717, 1.165) is 11.5 Å². The number of hydrogen-bond acceptors (Lipinski definition) is 3. The molecule has 2 N–H and O–H groups in total. The zero-order chi connectivity index (χ0) is 7.40. The van der Waals surface area contributed by atoms with Gasteiger partial charge in [-0.1, -0.05) is 0 Å². The minimum Gasteiger partial charge on any atom is -0.345 e. The minimum absolute atomic E-state index is 0.477. The first-order valence-corrected chi connectivity index (χ1v) is 2.95. The molecule has 0 unspecified atom stereocenters. The number of nitriles is 1. The second-order valence-corrected chi connectivity index (χ2v) is 1.98. The fraction of sp³-hybridized carbons (Fsp3) is 0.333. The summed E-state index contributed by atoms with van der Waals surface area (Å²) in [4.78, 5) is 6.97. The van der Waals surface area contributed by atoms with E-state index in [1.807, 2.05) is 13.1 Å². The topological polar surface area (TPSA) is 64.5 Å². The molecule has 0 aliphatic heterocycles. The monoisotopic (exact) mass is 136 g/mol. The smallest absolute Gasteiger partial charge is 0.176 e. The summed E-state index contributed by atoms with van der Waals surface area (Å²) in [5, 5.41) is 10.6. The van der Waals surface area contributed by atoms with E-state index in [1.165, 1.54) is 0 Å². The van der Waals surface area contributed by atoms with Gasteiger partial charge >= 0.3 is 0 Å². The molecule has 10 heavy (non-hydrogen) atoms. The fourth-order valence-corrected chi connectivity index (χ4v) is 0.680. The number of nitrogens with one attached hydrogen (secondary N) is 2. The van der Waals surface area contributed by atoms with Crippen LogP contribution >= 0.6 is 0 Å². The Morgan fingerprint density at radius 3 is 3.20 bits per heavy atom. The van der Waals surface area contributed by atoms with Crippen molar-refractivity contribution < 1.29 is 0 Å². The van der Waals surface area contributed by atoms with Crippen molar-refractivity contribution in [3.8, 4) is 6.19 Å². The number of rotatable bonds is 2. The maximum atomic E-state index is 8.13. The Hall–Kier alpha value is -1.50. The van der Waals surface area contributed by atoms with E-state index in [1.54, 1.807) is 6.20 Å². The van der Waals surface area contributed by atoms with Gasteiger partial charge in [0.15, 0.2) is 6.19 Å². The van der Waals surface area contributed by atoms with E-state index in [4.69, 9.17) is 5.26 Å². The number of hydrogen-bond donors (Lipinski definition) is 2. The van der Waals surface area contributed by atoms with E-state index in [0.29, 0.717) is 6.54 Å². The van der Waals surface area contributed by atoms with Crippen molar-refractivity contribution in [3.63, 3.8) is 0 Å². The zero-order valence-electron chi connectivity index (χ0n) is 5.68. The molecule has 0 fully saturated rings. The van der Waals surface area contributed by atoms with Crippen molar-refractivity contribution in [1.82, 2.24) is 15.3 Å². The molecule has 0 aliphatic carbocycles. The first-order chi connectivity index (χ1) is 4.83. The molecule has 4 heteroatoms. The van der Waals surface area contributed by atoms with Crippen molar-refractivity contribution in [2.24, 2.45) is 0 Å². The van der Waals surface area contributed by atoms with E-state index >= 15 is 0 Å². The van der Waals surface area contributed by atoms with E-state index in [9.17, 15) is 0 Å². The van der Waals surface area contributed by atoms with Gasteiger partial charge in [-0.15, -0.1) is 0 Å². The van der Waals surface area contributed by atoms with Gasteiger partial charge in [-0.05, 0) is 6.92 Å². The fourth-order valence-electron chi connectivity index (χ4n) is 0.680. The third-order valence-corrected chi connectivity index (χ3v) is 1.09. The molecule has 1 aromatic heterocycles. The van der Waals surface area contributed by atoms with Gasteiger partial charge in [-0.25, -0.2) is 4.98 Å². The summed E-state index contributed by atoms with van der Waals surface area (Å²) in [6.07, 6.45) is 3.55. The highest BCUT2D eigenvalue weighted by Gasteiger charge is 1.93. The molecular weight excluding hydrogens is 128 g/mol. The highest BCUT2D eigenvalue weighted by molar-refractivity contribution is 4.98. The molecule has 0 aliphatic rings. The van der Waals surface area contributed by atoms with Gasteiger partial charge in [0.25, 0.3) is 0 Å². The SMILES string of the molecule is Cc1cnc(CNC#N)[nH]1. The first-order valence-electron chi connectivity index (χ1n) is 2.95. The Morgan fingerprint density at radius 2 is 2.70 bits per heavy atom. The number of imidazole rings is 1. The summed E-state index contributed by atoms with van der Waals surface area (Å²) >= 11 is 0. The molecule has 0 amide bonds. The maximum absolute atomic E-state index is 8.13. The molecule has 0 saturated heterocycles. The molecular formula is C6H8N4. The van der Waals surface area contributed by atoms with Crippen LogP contribution in [0.2, 0.25) is 0 Å². The van der Waals surface area contributed by atoms with Gasteiger partial charge in [0, 0.05) is 11.9 Å². The average molecular weight is 136 g/mol. The molecule has 0 aromatic carbocycles. The Morgan fingerprint density at radius 1 is 1.90 bits per heavy atom. The average Bonchev–Trinajstić information content (AvgIpc) is 2.31. The van der Waals surface area contributed by atoms with Gasteiger partial charge < -0.3 is 10.3 Å². The molecule has 52 valence electrons. The van der Waals surface area contributed by atoms with Crippen LogP contribution in [0, 0.1) is 18.4 Å². The Bertz CT molecular complexity index is 244. The molecule has 1 aromatic rings. The third-order valence-electron chi connectivity index (χ3n) is 1.09. The van der Waals surface area contributed by atoms with Crippen molar-refractivity contribution in [2.75, 3.05) is 0 Å². The predicted octanol–water partition coefficient (Wildman–Crippen LogP) is 0.289. The highest BCUT2D eigenvalue weighted by Crippen LogP contribution is 1.92. The molecule has 0 bridgehead atoms. The highest BCUT2D eigenvalue weighted by atomic mass is 15.0. The summed E-state index contributed by atoms with van der Waals surface area (Å²) in [6, 6.07) is 0. The van der Waals surface area contributed by atoms with E-state index < -0.39 is 0 Å². The predicted molar refractivity (Wildman–Crippen MR) is 35.8 cm³/mol. The number of aromatic amines is 1. The molecule has 1 rings (SSSR count). The molecule has 4 nitrogen and oxygen atoms in total. The second-order valence-electron chi connectivity index (χ2n) is 1.98. The molecule has 0 atom stereocenters. The standard InChI is InChI=1S/C6H8N4/c1-5-2-9-6(10-5)3-8-4-7/h2,8H,3H2,1H3,(H,9,10). The van der Waals surface area contributed by atoms with Crippen molar-refractivity contribution in [3.05, 3.63) is 17.7 Å². The van der Waals surface area contributed by atoms with Crippen LogP contribution in [-0.4, -0.2) is 9.97 Å². The summed E-state index contributed by atoms with van der Waals surface area (Å²) < 4.78 is 0. The van der Waals surface area contributed by atoms with Crippen molar-refractivity contribution in [1.29, 1.82) is 5.26 Å². The summed E-state index contributed by atoms with van der Waals surface area (Å²) in [6.45, 7) is 2.40. The van der Waals surface area contributed by atoms with Crippen LogP contribution < -0.4 is 5.32 Å². The van der Waals surface area contributed by atoms with Gasteiger partial charge in [-0.2, -0.15) is 5.26 Å². The summed E-state index contributed by atoms with van der Waals surface area (Å²) in [7, 11) is 0. The number of H-pyrrole nitrogens is 1. The van der Waals surface area contributed by atoms with Gasteiger partial charge in [-0.3, -0.25) is 0 Å². The van der Waals surface area contributed by atoms with Crippen LogP contribution in [0.3, 0.4) is 0 Å². The lowest BCUT2D eigenvalue weighted by atomic mass is 10.6. The van der Waals surface area contributed by atoms with Gasteiger partial charge in [0.05, 0.1) is 6.54 Å². The maximum Gasteiger partial charge on any atom is 0.176 e. The van der Waals surface area contributed by atoms with Crippen LogP contribution in [0.25, 0.3) is 0 Å². The largest absolute Gasteiger partial charge is 0.345 e. The number of aromatic nitrogens is 2. The summed E-state index contributed by atoms with van der Waals surface area (Å²) in [5.41, 5.74) is 1.01. The van der Waals surface area contributed by atoms with Crippen molar-refractivity contribution >= 4 is 0 Å². The normalized spacial score (nSPS) is 8.80. The molecule has 1 heterocycles. The zero-order valence-corrected chi connectivity index (χ0v) is 5.68. The van der Waals surface area contributed by atoms with E-state index in [2.05, 4.69) is 15.3 Å². The van der Waals surface area contributed by atoms with Crippen molar-refractivity contribution in [2.45, 2.75) is 13.5 Å². The van der Waals surface area contributed by atoms with Crippen LogP contribution in [0.1, 0.15) is 11.5 Å². The van der Waals surface area contributed by atoms with Gasteiger partial charge in [0.1, 0.15) is 5.82 Å². The molecule has 0 saturated carbocycles. The Labute approximate surface area is 58.9 Å². The lowest BCUT2D eigenvalue weighted by molar-refractivity contribution is 0.822. The quantitative estimate of drug-likeness (QED) is 0.453. The number of aryl methyl sites for hydroxylation is 1. The Kier molecular flexibility index (Phi) is 1.90. The second kappa shape index (κ2) is 2.87. The van der Waals surface area contributed by atoms with Crippen LogP contribution in [0.5, 0.6) is 0 Å².